The van der Waals surface area contributed by atoms with Gasteiger partial charge in [-0.25, -0.2) is 8.42 Å². The fourth-order valence-electron chi connectivity index (χ4n) is 2.90. The van der Waals surface area contributed by atoms with E-state index >= 15 is 0 Å². The van der Waals surface area contributed by atoms with Crippen LogP contribution in [0.25, 0.3) is 0 Å². The molecule has 0 bridgehead atoms. The third-order valence-corrected chi connectivity index (χ3v) is 6.75. The summed E-state index contributed by atoms with van der Waals surface area (Å²) in [7, 11) is -2.46. The number of ether oxygens (including phenoxy) is 1. The van der Waals surface area contributed by atoms with Gasteiger partial charge >= 0.3 is 0 Å². The molecule has 0 aliphatic carbocycles. The molecule has 3 aromatic carbocycles. The third-order valence-electron chi connectivity index (χ3n) is 4.45. The predicted octanol–water partition coefficient (Wildman–Crippen LogP) is 4.78. The molecular weight excluding hydrogens is 420 g/mol. The molecule has 1 amide bonds. The molecular formula is C22H22N2O4S2. The Labute approximate surface area is 180 Å². The Morgan fingerprint density at radius 2 is 1.63 bits per heavy atom. The number of carbonyl (C=O) groups is 1. The van der Waals surface area contributed by atoms with E-state index in [9.17, 15) is 13.2 Å². The fraction of sp³-hybridized carbons (Fsp3) is 0.136. The molecule has 2 N–H and O–H groups in total. The molecule has 8 heteroatoms. The molecule has 0 radical (unpaired) electrons. The number of aryl methyl sites for hydroxylation is 1. The highest BCUT2D eigenvalue weighted by Gasteiger charge is 2.21. The maximum absolute atomic E-state index is 13.0. The van der Waals surface area contributed by atoms with Gasteiger partial charge in [-0.1, -0.05) is 30.3 Å². The van der Waals surface area contributed by atoms with Crippen LogP contribution in [0.4, 0.5) is 11.4 Å². The first-order valence-electron chi connectivity index (χ1n) is 9.06. The van der Waals surface area contributed by atoms with Gasteiger partial charge in [0.15, 0.2) is 0 Å². The van der Waals surface area contributed by atoms with Gasteiger partial charge in [0.2, 0.25) is 0 Å². The zero-order valence-electron chi connectivity index (χ0n) is 16.8. The fourth-order valence-corrected chi connectivity index (χ4v) is 4.80. The zero-order valence-corrected chi connectivity index (χ0v) is 18.4. The van der Waals surface area contributed by atoms with E-state index in [1.54, 1.807) is 49.4 Å². The van der Waals surface area contributed by atoms with E-state index in [0.29, 0.717) is 22.7 Å². The maximum Gasteiger partial charge on any atom is 0.262 e. The minimum absolute atomic E-state index is 0.0270. The van der Waals surface area contributed by atoms with Crippen molar-refractivity contribution in [3.8, 4) is 5.75 Å². The Balaban J connectivity index is 1.91. The number of amides is 1. The van der Waals surface area contributed by atoms with Crippen molar-refractivity contribution in [3.05, 3.63) is 77.9 Å². The summed E-state index contributed by atoms with van der Waals surface area (Å²) in [5.41, 5.74) is 1.77. The number of methoxy groups -OCH3 is 1. The van der Waals surface area contributed by atoms with E-state index < -0.39 is 10.0 Å². The number of hydrogen-bond acceptors (Lipinski definition) is 5. The van der Waals surface area contributed by atoms with Crippen LogP contribution in [0, 0.1) is 6.92 Å². The van der Waals surface area contributed by atoms with Gasteiger partial charge < -0.3 is 10.1 Å². The first kappa shape index (κ1) is 21.7. The highest BCUT2D eigenvalue weighted by molar-refractivity contribution is 7.98. The van der Waals surface area contributed by atoms with Gasteiger partial charge in [0.25, 0.3) is 15.9 Å². The van der Waals surface area contributed by atoms with Gasteiger partial charge in [-0.15, -0.1) is 11.8 Å². The Morgan fingerprint density at radius 1 is 0.967 bits per heavy atom. The molecule has 3 aromatic rings. The summed E-state index contributed by atoms with van der Waals surface area (Å²) in [6.07, 6.45) is 1.92. The van der Waals surface area contributed by atoms with Gasteiger partial charge in [0.05, 0.1) is 23.4 Å². The monoisotopic (exact) mass is 442 g/mol. The summed E-state index contributed by atoms with van der Waals surface area (Å²) in [4.78, 5) is 13.7. The maximum atomic E-state index is 13.0. The Bertz CT molecular complexity index is 1180. The summed E-state index contributed by atoms with van der Waals surface area (Å²) >= 11 is 1.51. The van der Waals surface area contributed by atoms with E-state index in [1.165, 1.54) is 24.9 Å². The summed E-state index contributed by atoms with van der Waals surface area (Å²) in [5, 5.41) is 2.85. The SMILES string of the molecule is COc1ccccc1NS(=O)(=O)c1cc(C(=O)Nc2ccccc2SC)ccc1C. The highest BCUT2D eigenvalue weighted by atomic mass is 32.2. The lowest BCUT2D eigenvalue weighted by Gasteiger charge is -2.14. The smallest absolute Gasteiger partial charge is 0.262 e. The van der Waals surface area contributed by atoms with Gasteiger partial charge in [-0.2, -0.15) is 0 Å². The Hall–Kier alpha value is -2.97. The second-order valence-corrected chi connectivity index (χ2v) is 8.94. The molecule has 0 spiro atoms. The number of benzene rings is 3. The second kappa shape index (κ2) is 9.23. The van der Waals surface area contributed by atoms with Crippen molar-refractivity contribution >= 4 is 39.1 Å². The van der Waals surface area contributed by atoms with Crippen LogP contribution in [0.15, 0.2) is 76.5 Å². The van der Waals surface area contributed by atoms with Gasteiger partial charge in [-0.05, 0) is 55.1 Å². The zero-order chi connectivity index (χ0) is 21.7. The molecule has 0 unspecified atom stereocenters. The average molecular weight is 443 g/mol. The number of rotatable bonds is 7. The molecule has 0 aliphatic heterocycles. The quantitative estimate of drug-likeness (QED) is 0.515. The number of nitrogens with one attached hydrogen (secondary N) is 2. The molecule has 156 valence electrons. The topological polar surface area (TPSA) is 84.5 Å². The van der Waals surface area contributed by atoms with E-state index in [4.69, 9.17) is 4.74 Å². The van der Waals surface area contributed by atoms with Crippen molar-refractivity contribution < 1.29 is 17.9 Å². The molecule has 0 heterocycles. The molecule has 3 rings (SSSR count). The van der Waals surface area contributed by atoms with Crippen LogP contribution in [-0.2, 0) is 10.0 Å². The molecule has 0 aromatic heterocycles. The molecule has 30 heavy (non-hydrogen) atoms. The minimum Gasteiger partial charge on any atom is -0.495 e. The van der Waals surface area contributed by atoms with Crippen LogP contribution in [0.2, 0.25) is 0 Å². The first-order chi connectivity index (χ1) is 14.4. The van der Waals surface area contributed by atoms with Crippen LogP contribution < -0.4 is 14.8 Å². The van der Waals surface area contributed by atoms with Crippen molar-refractivity contribution in [1.82, 2.24) is 0 Å². The van der Waals surface area contributed by atoms with E-state index in [1.807, 2.05) is 24.5 Å². The summed E-state index contributed by atoms with van der Waals surface area (Å²) in [6.45, 7) is 1.68. The number of sulfonamides is 1. The highest BCUT2D eigenvalue weighted by Crippen LogP contribution is 2.28. The standard InChI is InChI=1S/C22H22N2O4S2/c1-15-12-13-16(22(25)23-18-9-5-7-11-20(18)29-3)14-21(15)30(26,27)24-17-8-4-6-10-19(17)28-2/h4-14,24H,1-3H3,(H,23,25). The van der Waals surface area contributed by atoms with Crippen LogP contribution >= 0.6 is 11.8 Å². The Kier molecular flexibility index (Phi) is 6.69. The largest absolute Gasteiger partial charge is 0.495 e. The van der Waals surface area contributed by atoms with E-state index in [0.717, 1.165) is 4.90 Å². The second-order valence-electron chi connectivity index (χ2n) is 6.44. The molecule has 6 nitrogen and oxygen atoms in total. The van der Waals surface area contributed by atoms with Crippen LogP contribution in [0.3, 0.4) is 0 Å². The lowest BCUT2D eigenvalue weighted by Crippen LogP contribution is -2.17. The number of hydrogen-bond donors (Lipinski definition) is 2. The van der Waals surface area contributed by atoms with Crippen LogP contribution in [0.5, 0.6) is 5.75 Å². The summed E-state index contributed by atoms with van der Waals surface area (Å²) in [6, 6.07) is 18.8. The van der Waals surface area contributed by atoms with E-state index in [2.05, 4.69) is 10.0 Å². The van der Waals surface area contributed by atoms with Gasteiger partial charge in [0.1, 0.15) is 5.75 Å². The molecule has 0 aliphatic rings. The molecule has 0 atom stereocenters. The number of thioether (sulfide) groups is 1. The Morgan fingerprint density at radius 3 is 2.33 bits per heavy atom. The minimum atomic E-state index is -3.93. The van der Waals surface area contributed by atoms with Crippen molar-refractivity contribution in [2.45, 2.75) is 16.7 Å². The summed E-state index contributed by atoms with van der Waals surface area (Å²) in [5.74, 6) is 0.0199. The first-order valence-corrected chi connectivity index (χ1v) is 11.8. The van der Waals surface area contributed by atoms with Crippen LogP contribution in [0.1, 0.15) is 15.9 Å². The third kappa shape index (κ3) is 4.77. The number of carbonyl (C=O) groups excluding carboxylic acids is 1. The van der Waals surface area contributed by atoms with Crippen molar-refractivity contribution in [1.29, 1.82) is 0 Å². The average Bonchev–Trinajstić information content (AvgIpc) is 2.74. The lowest BCUT2D eigenvalue weighted by atomic mass is 10.1. The van der Waals surface area contributed by atoms with Crippen molar-refractivity contribution in [3.63, 3.8) is 0 Å². The normalized spacial score (nSPS) is 11.0. The number of anilines is 2. The van der Waals surface area contributed by atoms with Crippen molar-refractivity contribution in [2.75, 3.05) is 23.4 Å². The molecule has 0 saturated heterocycles. The summed E-state index contributed by atoms with van der Waals surface area (Å²) < 4.78 is 33.8. The molecule has 0 saturated carbocycles. The van der Waals surface area contributed by atoms with Crippen LogP contribution in [-0.4, -0.2) is 27.7 Å². The van der Waals surface area contributed by atoms with Gasteiger partial charge in [-0.3, -0.25) is 9.52 Å². The van der Waals surface area contributed by atoms with Gasteiger partial charge in [0, 0.05) is 10.5 Å². The van der Waals surface area contributed by atoms with E-state index in [-0.39, 0.29) is 16.4 Å². The molecule has 0 fully saturated rings. The van der Waals surface area contributed by atoms with Crippen molar-refractivity contribution in [2.24, 2.45) is 0 Å². The lowest BCUT2D eigenvalue weighted by molar-refractivity contribution is 0.102. The number of para-hydroxylation sites is 3. The predicted molar refractivity (Wildman–Crippen MR) is 121 cm³/mol.